The van der Waals surface area contributed by atoms with Crippen LogP contribution >= 0.6 is 0 Å². The van der Waals surface area contributed by atoms with Crippen LogP contribution in [0.2, 0.25) is 0 Å². The molecule has 0 spiro atoms. The highest BCUT2D eigenvalue weighted by molar-refractivity contribution is 5.91. The van der Waals surface area contributed by atoms with Gasteiger partial charge in [0.1, 0.15) is 23.9 Å². The highest BCUT2D eigenvalue weighted by Crippen LogP contribution is 2.48. The summed E-state index contributed by atoms with van der Waals surface area (Å²) >= 11 is 0. The van der Waals surface area contributed by atoms with Gasteiger partial charge in [-0.15, -0.1) is 0 Å². The van der Waals surface area contributed by atoms with E-state index < -0.39 is 5.41 Å². The fourth-order valence-electron chi connectivity index (χ4n) is 5.40. The number of hydrogen-bond donors (Lipinski definition) is 1. The Balaban J connectivity index is 0.00000306. The minimum atomic E-state index is -0.889. The summed E-state index contributed by atoms with van der Waals surface area (Å²) in [6.07, 6.45) is 6.57. The Labute approximate surface area is 205 Å². The van der Waals surface area contributed by atoms with E-state index in [-0.39, 0.29) is 47.4 Å². The van der Waals surface area contributed by atoms with Crippen molar-refractivity contribution in [1.82, 2.24) is 4.57 Å². The van der Waals surface area contributed by atoms with Gasteiger partial charge in [-0.3, -0.25) is 4.79 Å². The van der Waals surface area contributed by atoms with Crippen LogP contribution in [-0.2, 0) is 26.3 Å². The molecule has 6 nitrogen and oxygen atoms in total. The van der Waals surface area contributed by atoms with Gasteiger partial charge in [0.05, 0.1) is 7.11 Å². The highest BCUT2D eigenvalue weighted by Gasteiger charge is 2.51. The van der Waals surface area contributed by atoms with Gasteiger partial charge in [0, 0.05) is 6.92 Å². The smallest absolute Gasteiger partial charge is 0.348 e. The lowest BCUT2D eigenvalue weighted by atomic mass is 9.64. The van der Waals surface area contributed by atoms with Gasteiger partial charge in [-0.1, -0.05) is 60.7 Å². The van der Waals surface area contributed by atoms with Crippen molar-refractivity contribution in [2.24, 2.45) is 11.7 Å². The lowest BCUT2D eigenvalue weighted by Crippen LogP contribution is -3.00. The number of ether oxygens (including phenoxy) is 1. The van der Waals surface area contributed by atoms with E-state index in [2.05, 4.69) is 4.57 Å². The van der Waals surface area contributed by atoms with Crippen molar-refractivity contribution in [3.8, 4) is 0 Å². The summed E-state index contributed by atoms with van der Waals surface area (Å²) < 4.78 is 8.92. The van der Waals surface area contributed by atoms with Gasteiger partial charge in [-0.05, 0) is 36.3 Å². The van der Waals surface area contributed by atoms with Gasteiger partial charge in [0.15, 0.2) is 6.54 Å². The average molecular weight is 512 g/mol. The lowest BCUT2D eigenvalue weighted by Gasteiger charge is -2.37. The molecular formula is C26H30BrN3O3. The third kappa shape index (κ3) is 4.47. The first-order valence-electron chi connectivity index (χ1n) is 11.0. The van der Waals surface area contributed by atoms with E-state index in [1.54, 1.807) is 0 Å². The second-order valence-electron chi connectivity index (χ2n) is 8.52. The number of rotatable bonds is 7. The molecule has 0 radical (unpaired) electrons. The van der Waals surface area contributed by atoms with Crippen molar-refractivity contribution in [2.75, 3.05) is 7.11 Å². The summed E-state index contributed by atoms with van der Waals surface area (Å²) in [6, 6.07) is 20.1. The van der Waals surface area contributed by atoms with Gasteiger partial charge >= 0.3 is 5.97 Å². The molecule has 1 fully saturated rings. The number of benzene rings is 2. The van der Waals surface area contributed by atoms with Crippen molar-refractivity contribution in [3.05, 3.63) is 90.0 Å². The molecule has 1 saturated carbocycles. The molecule has 0 bridgehead atoms. The van der Waals surface area contributed by atoms with Gasteiger partial charge in [-0.25, -0.2) is 13.9 Å². The van der Waals surface area contributed by atoms with Gasteiger partial charge in [-0.2, -0.15) is 0 Å². The number of aromatic nitrogens is 2. The Bertz CT molecular complexity index is 1060. The first-order valence-corrected chi connectivity index (χ1v) is 11.0. The van der Waals surface area contributed by atoms with Crippen molar-refractivity contribution < 1.29 is 35.9 Å². The molecule has 0 aliphatic heterocycles. The summed E-state index contributed by atoms with van der Waals surface area (Å²) in [5.41, 5.74) is 7.19. The molecule has 3 aromatic rings. The molecule has 1 aliphatic carbocycles. The maximum atomic E-state index is 13.2. The van der Waals surface area contributed by atoms with Crippen LogP contribution < -0.4 is 27.3 Å². The molecular weight excluding hydrogens is 482 g/mol. The van der Waals surface area contributed by atoms with E-state index in [0.717, 1.165) is 36.2 Å². The van der Waals surface area contributed by atoms with Gasteiger partial charge in [0.25, 0.3) is 5.82 Å². The summed E-state index contributed by atoms with van der Waals surface area (Å²) in [5, 5.41) is 0. The molecule has 174 valence electrons. The minimum absolute atomic E-state index is 0. The zero-order chi connectivity index (χ0) is 22.7. The summed E-state index contributed by atoms with van der Waals surface area (Å²) in [7, 11) is 1.40. The number of carbonyl (C=O) groups is 2. The maximum absolute atomic E-state index is 13.2. The molecule has 2 N–H and O–H groups in total. The first-order chi connectivity index (χ1) is 15.5. The number of imidazole rings is 1. The van der Waals surface area contributed by atoms with Crippen LogP contribution in [0, 0.1) is 12.8 Å². The Morgan fingerprint density at radius 2 is 1.64 bits per heavy atom. The van der Waals surface area contributed by atoms with E-state index >= 15 is 0 Å². The SMILES string of the molecule is COC(=O)Cn1cc[n+]([C@H]2CC[C@@H](C(C(N)=O)(c3ccccc3)c3ccccc3)C2)c1C.[Br-]. The number of carbonyl (C=O) groups excluding carboxylic acids is 2. The number of primary amides is 1. The minimum Gasteiger partial charge on any atom is -1.00 e. The molecule has 1 amide bonds. The summed E-state index contributed by atoms with van der Waals surface area (Å²) in [5.74, 6) is 0.461. The molecule has 4 rings (SSSR count). The van der Waals surface area contributed by atoms with Crippen LogP contribution in [0.3, 0.4) is 0 Å². The Morgan fingerprint density at radius 3 is 2.15 bits per heavy atom. The van der Waals surface area contributed by atoms with Gasteiger partial charge in [0.2, 0.25) is 5.91 Å². The van der Waals surface area contributed by atoms with E-state index in [9.17, 15) is 9.59 Å². The standard InChI is InChI=1S/C26H29N3O3.BrH/c1-19-28(18-24(30)32-2)15-16-29(19)23-14-13-22(17-23)26(25(27)31,20-9-5-3-6-10-20)21-11-7-4-8-12-21;/h3-12,15-16,22-23H,13-14,17-18H2,1-2H3,(H-,27,31);1H/t22-,23+;/m1./s1. The van der Waals surface area contributed by atoms with E-state index in [4.69, 9.17) is 10.5 Å². The number of esters is 1. The third-order valence-corrected chi connectivity index (χ3v) is 6.98. The van der Waals surface area contributed by atoms with Crippen LogP contribution in [-0.4, -0.2) is 23.6 Å². The number of nitrogens with two attached hydrogens (primary N) is 1. The Hall–Kier alpha value is -2.93. The van der Waals surface area contributed by atoms with Crippen molar-refractivity contribution >= 4 is 11.9 Å². The third-order valence-electron chi connectivity index (χ3n) is 6.98. The van der Waals surface area contributed by atoms with Crippen molar-refractivity contribution in [3.63, 3.8) is 0 Å². The summed E-state index contributed by atoms with van der Waals surface area (Å²) in [4.78, 5) is 25.0. The van der Waals surface area contributed by atoms with E-state index in [1.165, 1.54) is 7.11 Å². The fraction of sp³-hybridized carbons (Fsp3) is 0.346. The highest BCUT2D eigenvalue weighted by atomic mass is 79.9. The second kappa shape index (κ2) is 10.3. The monoisotopic (exact) mass is 511 g/mol. The molecule has 1 aromatic heterocycles. The number of amides is 1. The van der Waals surface area contributed by atoms with Crippen LogP contribution in [0.5, 0.6) is 0 Å². The molecule has 0 unspecified atom stereocenters. The molecule has 0 saturated heterocycles. The van der Waals surface area contributed by atoms with Gasteiger partial charge < -0.3 is 27.5 Å². The summed E-state index contributed by atoms with van der Waals surface area (Å²) in [6.45, 7) is 2.19. The normalized spacial score (nSPS) is 17.9. The topological polar surface area (TPSA) is 78.2 Å². The number of methoxy groups -OCH3 is 1. The predicted octanol–water partition coefficient (Wildman–Crippen LogP) is 0.0738. The van der Waals surface area contributed by atoms with Crippen LogP contribution in [0.15, 0.2) is 73.1 Å². The Kier molecular flexibility index (Phi) is 7.74. The zero-order valence-electron chi connectivity index (χ0n) is 19.0. The maximum Gasteiger partial charge on any atom is 0.348 e. The number of hydrogen-bond acceptors (Lipinski definition) is 3. The number of halogens is 1. The van der Waals surface area contributed by atoms with Crippen LogP contribution in [0.25, 0.3) is 0 Å². The molecule has 7 heteroatoms. The average Bonchev–Trinajstić information content (AvgIpc) is 3.43. The molecule has 33 heavy (non-hydrogen) atoms. The molecule has 1 aliphatic rings. The van der Waals surface area contributed by atoms with Crippen LogP contribution in [0.4, 0.5) is 0 Å². The largest absolute Gasteiger partial charge is 1.00 e. The quantitative estimate of drug-likeness (QED) is 0.360. The number of nitrogens with zero attached hydrogens (tertiary/aromatic N) is 2. The fourth-order valence-corrected chi connectivity index (χ4v) is 5.40. The van der Waals surface area contributed by atoms with E-state index in [1.807, 2.05) is 84.5 Å². The van der Waals surface area contributed by atoms with Crippen molar-refractivity contribution in [2.45, 2.75) is 44.2 Å². The predicted molar refractivity (Wildman–Crippen MR) is 121 cm³/mol. The van der Waals surface area contributed by atoms with E-state index in [0.29, 0.717) is 0 Å². The first kappa shape index (κ1) is 24.7. The molecule has 2 atom stereocenters. The zero-order valence-corrected chi connectivity index (χ0v) is 20.6. The van der Waals surface area contributed by atoms with Crippen molar-refractivity contribution in [1.29, 1.82) is 0 Å². The second-order valence-corrected chi connectivity index (χ2v) is 8.52. The van der Waals surface area contributed by atoms with Crippen LogP contribution in [0.1, 0.15) is 42.3 Å². The molecule has 2 aromatic carbocycles. The lowest BCUT2D eigenvalue weighted by molar-refractivity contribution is -0.727. The molecule has 1 heterocycles. The Morgan fingerprint density at radius 1 is 1.06 bits per heavy atom.